The van der Waals surface area contributed by atoms with Gasteiger partial charge in [-0.2, -0.15) is 0 Å². The minimum atomic E-state index is -0.323. The van der Waals surface area contributed by atoms with E-state index in [1.54, 1.807) is 19.2 Å². The van der Waals surface area contributed by atoms with Crippen LogP contribution in [0.25, 0.3) is 10.9 Å². The van der Waals surface area contributed by atoms with E-state index in [2.05, 4.69) is 4.98 Å². The third-order valence-electron chi connectivity index (χ3n) is 6.08. The zero-order valence-electron chi connectivity index (χ0n) is 17.5. The van der Waals surface area contributed by atoms with Crippen molar-refractivity contribution in [1.29, 1.82) is 0 Å². The lowest BCUT2D eigenvalue weighted by Crippen LogP contribution is -2.40. The molecule has 1 aliphatic rings. The number of carbonyl (C=O) groups is 1. The second-order valence-corrected chi connectivity index (χ2v) is 8.00. The minimum Gasteiger partial charge on any atom is -0.497 e. The summed E-state index contributed by atoms with van der Waals surface area (Å²) in [6.45, 7) is 2.58. The fourth-order valence-corrected chi connectivity index (χ4v) is 4.47. The predicted molar refractivity (Wildman–Crippen MR) is 119 cm³/mol. The molecule has 0 spiro atoms. The molecule has 0 saturated carbocycles. The Bertz CT molecular complexity index is 1260. The van der Waals surface area contributed by atoms with Crippen LogP contribution in [-0.4, -0.2) is 29.4 Å². The molecule has 0 saturated heterocycles. The van der Waals surface area contributed by atoms with Gasteiger partial charge >= 0.3 is 0 Å². The molecule has 1 amide bonds. The topological polar surface area (TPSA) is 45.3 Å². The standard InChI is InChI=1S/C26H23FN2O2/c1-16-3-5-18(6-4-16)26(30)29-14-13-21-22-15-20(31-2)11-12-23(22)28-24(21)25(29)17-7-9-19(27)10-8-17/h3-12,15,25,28H,13-14H2,1-2H3/t25-/m1/s1. The molecule has 4 nitrogen and oxygen atoms in total. The van der Waals surface area contributed by atoms with Crippen molar-refractivity contribution < 1.29 is 13.9 Å². The van der Waals surface area contributed by atoms with Gasteiger partial charge in [0, 0.05) is 28.7 Å². The smallest absolute Gasteiger partial charge is 0.254 e. The monoisotopic (exact) mass is 414 g/mol. The number of H-pyrrole nitrogens is 1. The lowest BCUT2D eigenvalue weighted by Gasteiger charge is -2.36. The fourth-order valence-electron chi connectivity index (χ4n) is 4.47. The highest BCUT2D eigenvalue weighted by atomic mass is 19.1. The van der Waals surface area contributed by atoms with Gasteiger partial charge in [-0.1, -0.05) is 29.8 Å². The van der Waals surface area contributed by atoms with Crippen LogP contribution < -0.4 is 4.74 Å². The third-order valence-corrected chi connectivity index (χ3v) is 6.08. The predicted octanol–water partition coefficient (Wildman–Crippen LogP) is 5.41. The first-order valence-corrected chi connectivity index (χ1v) is 10.4. The van der Waals surface area contributed by atoms with Crippen LogP contribution in [0.15, 0.2) is 66.7 Å². The van der Waals surface area contributed by atoms with Gasteiger partial charge in [-0.15, -0.1) is 0 Å². The number of benzene rings is 3. The Hall–Kier alpha value is -3.60. The van der Waals surface area contributed by atoms with Crippen molar-refractivity contribution in [3.63, 3.8) is 0 Å². The highest BCUT2D eigenvalue weighted by molar-refractivity contribution is 5.95. The van der Waals surface area contributed by atoms with Crippen molar-refractivity contribution in [2.24, 2.45) is 0 Å². The average Bonchev–Trinajstić information content (AvgIpc) is 3.17. The van der Waals surface area contributed by atoms with E-state index >= 15 is 0 Å². The molecule has 3 aromatic carbocycles. The van der Waals surface area contributed by atoms with Gasteiger partial charge in [0.1, 0.15) is 11.6 Å². The van der Waals surface area contributed by atoms with E-state index in [0.29, 0.717) is 12.1 Å². The molecule has 156 valence electrons. The highest BCUT2D eigenvalue weighted by Gasteiger charge is 2.35. The van der Waals surface area contributed by atoms with Crippen molar-refractivity contribution in [2.75, 3.05) is 13.7 Å². The number of carbonyl (C=O) groups excluding carboxylic acids is 1. The first-order valence-electron chi connectivity index (χ1n) is 10.4. The molecule has 0 fully saturated rings. The van der Waals surface area contributed by atoms with Crippen molar-refractivity contribution in [1.82, 2.24) is 9.88 Å². The lowest BCUT2D eigenvalue weighted by molar-refractivity contribution is 0.0692. The lowest BCUT2D eigenvalue weighted by atomic mass is 9.91. The molecule has 31 heavy (non-hydrogen) atoms. The molecule has 4 aromatic rings. The molecule has 1 N–H and O–H groups in total. The number of aromatic nitrogens is 1. The molecule has 0 unspecified atom stereocenters. The van der Waals surface area contributed by atoms with Crippen LogP contribution in [0.4, 0.5) is 4.39 Å². The zero-order valence-corrected chi connectivity index (χ0v) is 17.5. The Morgan fingerprint density at radius 2 is 1.81 bits per heavy atom. The maximum absolute atomic E-state index is 13.7. The van der Waals surface area contributed by atoms with E-state index in [9.17, 15) is 9.18 Å². The van der Waals surface area contributed by atoms with Crippen molar-refractivity contribution in [2.45, 2.75) is 19.4 Å². The Kier molecular flexibility index (Phi) is 4.74. The average molecular weight is 414 g/mol. The first-order chi connectivity index (χ1) is 15.0. The highest BCUT2D eigenvalue weighted by Crippen LogP contribution is 2.40. The molecule has 1 aromatic heterocycles. The Labute approximate surface area is 180 Å². The summed E-state index contributed by atoms with van der Waals surface area (Å²) in [5, 5.41) is 1.10. The quantitative estimate of drug-likeness (QED) is 0.487. The molecular formula is C26H23FN2O2. The summed E-state index contributed by atoms with van der Waals surface area (Å²) in [5.41, 5.74) is 5.79. The van der Waals surface area contributed by atoms with Gasteiger partial charge in [0.15, 0.2) is 0 Å². The number of ether oxygens (including phenoxy) is 1. The second-order valence-electron chi connectivity index (χ2n) is 8.00. The van der Waals surface area contributed by atoms with Gasteiger partial charge in [0.2, 0.25) is 0 Å². The van der Waals surface area contributed by atoms with Gasteiger partial charge in [0.05, 0.1) is 13.2 Å². The number of hydrogen-bond donors (Lipinski definition) is 1. The molecule has 1 atom stereocenters. The molecule has 5 rings (SSSR count). The number of nitrogens with one attached hydrogen (secondary N) is 1. The summed E-state index contributed by atoms with van der Waals surface area (Å²) < 4.78 is 19.1. The molecule has 0 bridgehead atoms. The number of nitrogens with zero attached hydrogens (tertiary/aromatic N) is 1. The SMILES string of the molecule is COc1ccc2[nH]c3c(c2c1)CCN(C(=O)c1ccc(C)cc1)[C@@H]3c1ccc(F)cc1. The van der Waals surface area contributed by atoms with Crippen LogP contribution in [-0.2, 0) is 6.42 Å². The normalized spacial score (nSPS) is 15.7. The maximum atomic E-state index is 13.7. The molecule has 0 radical (unpaired) electrons. The second kappa shape index (κ2) is 7.58. The minimum absolute atomic E-state index is 0.0313. The zero-order chi connectivity index (χ0) is 21.5. The van der Waals surface area contributed by atoms with E-state index in [0.717, 1.165) is 39.9 Å². The summed E-state index contributed by atoms with van der Waals surface area (Å²) in [7, 11) is 1.66. The molecule has 2 heterocycles. The van der Waals surface area contributed by atoms with Crippen LogP contribution in [0.3, 0.4) is 0 Å². The molecule has 1 aliphatic heterocycles. The fraction of sp³-hybridized carbons (Fsp3) is 0.192. The van der Waals surface area contributed by atoms with E-state index in [-0.39, 0.29) is 17.8 Å². The molecular weight excluding hydrogens is 391 g/mol. The molecule has 0 aliphatic carbocycles. The number of rotatable bonds is 3. The van der Waals surface area contributed by atoms with Gasteiger partial charge < -0.3 is 14.6 Å². The van der Waals surface area contributed by atoms with Gasteiger partial charge in [-0.3, -0.25) is 4.79 Å². The van der Waals surface area contributed by atoms with Crippen molar-refractivity contribution in [3.05, 3.63) is 100 Å². The molecule has 5 heteroatoms. The summed E-state index contributed by atoms with van der Waals surface area (Å²) in [5.74, 6) is 0.472. The van der Waals surface area contributed by atoms with Crippen LogP contribution in [0.5, 0.6) is 5.75 Å². The Balaban J connectivity index is 1.65. The summed E-state index contributed by atoms with van der Waals surface area (Å²) in [4.78, 5) is 18.9. The maximum Gasteiger partial charge on any atom is 0.254 e. The van der Waals surface area contributed by atoms with Crippen molar-refractivity contribution >= 4 is 16.8 Å². The van der Waals surface area contributed by atoms with E-state index in [1.807, 2.05) is 54.3 Å². The van der Waals surface area contributed by atoms with E-state index in [1.165, 1.54) is 17.7 Å². The number of hydrogen-bond acceptors (Lipinski definition) is 2. The Morgan fingerprint density at radius 1 is 1.06 bits per heavy atom. The van der Waals surface area contributed by atoms with Crippen LogP contribution in [0.2, 0.25) is 0 Å². The van der Waals surface area contributed by atoms with Crippen LogP contribution in [0, 0.1) is 12.7 Å². The number of aryl methyl sites for hydroxylation is 1. The van der Waals surface area contributed by atoms with E-state index < -0.39 is 0 Å². The first kappa shape index (κ1) is 19.4. The van der Waals surface area contributed by atoms with Crippen LogP contribution in [0.1, 0.15) is 38.8 Å². The van der Waals surface area contributed by atoms with Gasteiger partial charge in [-0.05, 0) is 66.9 Å². The number of aromatic amines is 1. The largest absolute Gasteiger partial charge is 0.497 e. The number of methoxy groups -OCH3 is 1. The Morgan fingerprint density at radius 3 is 2.52 bits per heavy atom. The van der Waals surface area contributed by atoms with Crippen LogP contribution >= 0.6 is 0 Å². The van der Waals surface area contributed by atoms with E-state index in [4.69, 9.17) is 4.74 Å². The summed E-state index contributed by atoms with van der Waals surface area (Å²) in [6.07, 6.45) is 0.734. The summed E-state index contributed by atoms with van der Waals surface area (Å²) in [6, 6.07) is 19.7. The third kappa shape index (κ3) is 3.36. The van der Waals surface area contributed by atoms with Gasteiger partial charge in [-0.25, -0.2) is 4.39 Å². The summed E-state index contributed by atoms with van der Waals surface area (Å²) >= 11 is 0. The van der Waals surface area contributed by atoms with Crippen molar-refractivity contribution in [3.8, 4) is 5.75 Å². The number of amides is 1. The van der Waals surface area contributed by atoms with Gasteiger partial charge in [0.25, 0.3) is 5.91 Å². The number of halogens is 1. The number of fused-ring (bicyclic) bond motifs is 3.